The normalized spacial score (nSPS) is 10.7. The molecule has 1 heterocycles. The fourth-order valence-electron chi connectivity index (χ4n) is 1.62. The summed E-state index contributed by atoms with van der Waals surface area (Å²) in [5, 5.41) is 11.1. The van der Waals surface area contributed by atoms with E-state index in [9.17, 15) is 4.39 Å². The molecule has 0 bridgehead atoms. The van der Waals surface area contributed by atoms with E-state index in [4.69, 9.17) is 4.42 Å². The number of hydrogen-bond acceptors (Lipinski definition) is 5. The van der Waals surface area contributed by atoms with Crippen LogP contribution >= 0.6 is 0 Å². The van der Waals surface area contributed by atoms with Gasteiger partial charge >= 0.3 is 6.01 Å². The summed E-state index contributed by atoms with van der Waals surface area (Å²) in [6.45, 7) is 3.53. The third-order valence-electron chi connectivity index (χ3n) is 2.64. The summed E-state index contributed by atoms with van der Waals surface area (Å²) in [5.74, 6) is 0.223. The van der Waals surface area contributed by atoms with Crippen molar-refractivity contribution in [3.63, 3.8) is 0 Å². The molecular weight excluding hydrogens is 247 g/mol. The van der Waals surface area contributed by atoms with Gasteiger partial charge in [-0.05, 0) is 31.2 Å². The molecule has 1 aromatic carbocycles. The van der Waals surface area contributed by atoms with Crippen molar-refractivity contribution in [3.05, 3.63) is 36.0 Å². The van der Waals surface area contributed by atoms with E-state index in [1.165, 1.54) is 12.1 Å². The van der Waals surface area contributed by atoms with Crippen LogP contribution < -0.4 is 10.2 Å². The van der Waals surface area contributed by atoms with Crippen molar-refractivity contribution < 1.29 is 8.81 Å². The summed E-state index contributed by atoms with van der Waals surface area (Å²) in [7, 11) is 1.76. The molecule has 102 valence electrons. The third-order valence-corrected chi connectivity index (χ3v) is 2.64. The number of halogens is 1. The Labute approximate surface area is 111 Å². The third kappa shape index (κ3) is 3.51. The molecular formula is C13H17FN4O. The first kappa shape index (κ1) is 13.5. The lowest BCUT2D eigenvalue weighted by Gasteiger charge is -2.13. The van der Waals surface area contributed by atoms with Crippen LogP contribution in [0.1, 0.15) is 19.2 Å². The molecule has 0 fully saturated rings. The van der Waals surface area contributed by atoms with Crippen LogP contribution in [0.25, 0.3) is 0 Å². The summed E-state index contributed by atoms with van der Waals surface area (Å²) in [6, 6.07) is 6.58. The molecule has 1 aromatic heterocycles. The van der Waals surface area contributed by atoms with Gasteiger partial charge < -0.3 is 9.73 Å². The van der Waals surface area contributed by atoms with Gasteiger partial charge in [0, 0.05) is 12.7 Å². The summed E-state index contributed by atoms with van der Waals surface area (Å²) >= 11 is 0. The zero-order chi connectivity index (χ0) is 13.7. The van der Waals surface area contributed by atoms with Gasteiger partial charge in [0.05, 0.1) is 6.54 Å². The van der Waals surface area contributed by atoms with E-state index in [1.54, 1.807) is 24.1 Å². The van der Waals surface area contributed by atoms with Crippen molar-refractivity contribution in [1.82, 2.24) is 15.5 Å². The van der Waals surface area contributed by atoms with E-state index >= 15 is 0 Å². The molecule has 0 atom stereocenters. The first-order valence-electron chi connectivity index (χ1n) is 6.23. The number of aromatic nitrogens is 2. The van der Waals surface area contributed by atoms with Crippen molar-refractivity contribution in [2.75, 3.05) is 18.5 Å². The summed E-state index contributed by atoms with van der Waals surface area (Å²) in [4.78, 5) is 1.65. The Kier molecular flexibility index (Phi) is 4.46. The minimum absolute atomic E-state index is 0.297. The molecule has 1 N–H and O–H groups in total. The molecule has 0 aliphatic rings. The smallest absolute Gasteiger partial charge is 0.322 e. The maximum Gasteiger partial charge on any atom is 0.322 e. The van der Waals surface area contributed by atoms with Gasteiger partial charge in [-0.15, -0.1) is 5.10 Å². The standard InChI is InChI=1S/C13H17FN4O/c1-3-7-15-9-12-16-17-13(19-12)18(2)11-6-4-5-10(14)8-11/h4-6,8,15H,3,7,9H2,1-2H3. The van der Waals surface area contributed by atoms with Crippen molar-refractivity contribution in [2.45, 2.75) is 19.9 Å². The van der Waals surface area contributed by atoms with Gasteiger partial charge in [-0.3, -0.25) is 4.90 Å². The predicted octanol–water partition coefficient (Wildman–Crippen LogP) is 2.48. The van der Waals surface area contributed by atoms with Gasteiger partial charge in [0.1, 0.15) is 5.82 Å². The molecule has 0 amide bonds. The Hall–Kier alpha value is -1.95. The SMILES string of the molecule is CCCNCc1nnc(N(C)c2cccc(F)c2)o1. The molecule has 0 saturated heterocycles. The van der Waals surface area contributed by atoms with E-state index < -0.39 is 0 Å². The molecule has 5 nitrogen and oxygen atoms in total. The van der Waals surface area contributed by atoms with Crippen LogP contribution in [0.15, 0.2) is 28.7 Å². The second-order valence-electron chi connectivity index (χ2n) is 4.19. The Bertz CT molecular complexity index is 529. The zero-order valence-electron chi connectivity index (χ0n) is 11.1. The van der Waals surface area contributed by atoms with Gasteiger partial charge in [-0.2, -0.15) is 0 Å². The number of benzene rings is 1. The highest BCUT2D eigenvalue weighted by Crippen LogP contribution is 2.22. The molecule has 2 rings (SSSR count). The largest absolute Gasteiger partial charge is 0.406 e. The lowest BCUT2D eigenvalue weighted by molar-refractivity contribution is 0.472. The second kappa shape index (κ2) is 6.29. The second-order valence-corrected chi connectivity index (χ2v) is 4.19. The van der Waals surface area contributed by atoms with Gasteiger partial charge in [0.15, 0.2) is 0 Å². The average Bonchev–Trinajstić information content (AvgIpc) is 2.87. The van der Waals surface area contributed by atoms with Crippen molar-refractivity contribution in [2.24, 2.45) is 0 Å². The molecule has 0 spiro atoms. The minimum Gasteiger partial charge on any atom is -0.406 e. The van der Waals surface area contributed by atoms with E-state index in [1.807, 2.05) is 0 Å². The van der Waals surface area contributed by atoms with Crippen LogP contribution in [0, 0.1) is 5.82 Å². The molecule has 2 aromatic rings. The summed E-state index contributed by atoms with van der Waals surface area (Å²) in [5.41, 5.74) is 0.664. The fraction of sp³-hybridized carbons (Fsp3) is 0.385. The number of nitrogens with zero attached hydrogens (tertiary/aromatic N) is 3. The summed E-state index contributed by atoms with van der Waals surface area (Å²) < 4.78 is 18.7. The molecule has 0 unspecified atom stereocenters. The van der Waals surface area contributed by atoms with Crippen molar-refractivity contribution in [1.29, 1.82) is 0 Å². The lowest BCUT2D eigenvalue weighted by atomic mass is 10.3. The molecule has 0 aliphatic carbocycles. The molecule has 19 heavy (non-hydrogen) atoms. The first-order chi connectivity index (χ1) is 9.20. The van der Waals surface area contributed by atoms with Crippen molar-refractivity contribution in [3.8, 4) is 0 Å². The molecule has 6 heteroatoms. The molecule has 0 aliphatic heterocycles. The average molecular weight is 264 g/mol. The topological polar surface area (TPSA) is 54.2 Å². The highest BCUT2D eigenvalue weighted by Gasteiger charge is 2.12. The van der Waals surface area contributed by atoms with E-state index in [0.29, 0.717) is 24.1 Å². The van der Waals surface area contributed by atoms with Crippen molar-refractivity contribution >= 4 is 11.7 Å². The first-order valence-corrected chi connectivity index (χ1v) is 6.23. The summed E-state index contributed by atoms with van der Waals surface area (Å²) in [6.07, 6.45) is 1.05. The Morgan fingerprint density at radius 1 is 1.37 bits per heavy atom. The van der Waals surface area contributed by atoms with Gasteiger partial charge in [0.2, 0.25) is 5.89 Å². The quantitative estimate of drug-likeness (QED) is 0.812. The van der Waals surface area contributed by atoms with Crippen LogP contribution in [0.5, 0.6) is 0 Å². The molecule has 0 saturated carbocycles. The Morgan fingerprint density at radius 2 is 2.21 bits per heavy atom. The number of nitrogens with one attached hydrogen (secondary N) is 1. The maximum atomic E-state index is 13.2. The van der Waals surface area contributed by atoms with Gasteiger partial charge in [0.25, 0.3) is 0 Å². The Morgan fingerprint density at radius 3 is 2.95 bits per heavy atom. The monoisotopic (exact) mass is 264 g/mol. The van der Waals surface area contributed by atoms with Crippen LogP contribution in [-0.2, 0) is 6.54 Å². The van der Waals surface area contributed by atoms with E-state index in [2.05, 4.69) is 22.4 Å². The molecule has 0 radical (unpaired) electrons. The van der Waals surface area contributed by atoms with Gasteiger partial charge in [-0.25, -0.2) is 4.39 Å². The Balaban J connectivity index is 2.05. The maximum absolute atomic E-state index is 13.2. The van der Waals surface area contributed by atoms with Gasteiger partial charge in [-0.1, -0.05) is 18.1 Å². The fourth-order valence-corrected chi connectivity index (χ4v) is 1.62. The highest BCUT2D eigenvalue weighted by molar-refractivity contribution is 5.54. The van der Waals surface area contributed by atoms with Crippen LogP contribution in [0.4, 0.5) is 16.1 Å². The van der Waals surface area contributed by atoms with E-state index in [0.717, 1.165) is 13.0 Å². The number of rotatable bonds is 6. The van der Waals surface area contributed by atoms with Crippen LogP contribution in [0.2, 0.25) is 0 Å². The van der Waals surface area contributed by atoms with Crippen LogP contribution in [-0.4, -0.2) is 23.8 Å². The minimum atomic E-state index is -0.297. The lowest BCUT2D eigenvalue weighted by Crippen LogP contribution is -2.14. The number of anilines is 2. The number of hydrogen-bond donors (Lipinski definition) is 1. The predicted molar refractivity (Wildman–Crippen MR) is 70.8 cm³/mol. The van der Waals surface area contributed by atoms with Crippen LogP contribution in [0.3, 0.4) is 0 Å². The highest BCUT2D eigenvalue weighted by atomic mass is 19.1. The van der Waals surface area contributed by atoms with E-state index in [-0.39, 0.29) is 5.82 Å². The zero-order valence-corrected chi connectivity index (χ0v) is 11.1.